The zero-order valence-corrected chi connectivity index (χ0v) is 18.5. The van der Waals surface area contributed by atoms with Crippen molar-refractivity contribution in [3.63, 3.8) is 0 Å². The number of nitrogens with zero attached hydrogens (tertiary/aromatic N) is 1. The molecular weight excluding hydrogens is 476 g/mol. The van der Waals surface area contributed by atoms with Crippen LogP contribution in [-0.4, -0.2) is 37.6 Å². The molecule has 3 aromatic rings. The van der Waals surface area contributed by atoms with Crippen LogP contribution in [0.25, 0.3) is 0 Å². The van der Waals surface area contributed by atoms with Crippen LogP contribution in [0.3, 0.4) is 0 Å². The second-order valence-corrected chi connectivity index (χ2v) is 9.21. The maximum absolute atomic E-state index is 13.1. The van der Waals surface area contributed by atoms with Crippen LogP contribution < -0.4 is 10.6 Å². The van der Waals surface area contributed by atoms with Crippen LogP contribution in [-0.2, 0) is 19.6 Å². The SMILES string of the molecule is O=C(CN(CC(=O)Nc1ccc(F)cc1)S(=O)(=O)c1ccc(Cl)cc1)Nc1ccc(F)cc1. The highest BCUT2D eigenvalue weighted by molar-refractivity contribution is 7.89. The molecule has 7 nitrogen and oxygen atoms in total. The monoisotopic (exact) mass is 493 g/mol. The summed E-state index contributed by atoms with van der Waals surface area (Å²) in [6, 6.07) is 15.0. The lowest BCUT2D eigenvalue weighted by Gasteiger charge is -2.21. The lowest BCUT2D eigenvalue weighted by atomic mass is 10.3. The molecule has 2 amide bonds. The summed E-state index contributed by atoms with van der Waals surface area (Å²) in [5.74, 6) is -2.49. The van der Waals surface area contributed by atoms with E-state index in [1.807, 2.05) is 0 Å². The smallest absolute Gasteiger partial charge is 0.244 e. The molecule has 0 aliphatic heterocycles. The van der Waals surface area contributed by atoms with Gasteiger partial charge in [0.05, 0.1) is 18.0 Å². The number of amides is 2. The van der Waals surface area contributed by atoms with E-state index in [4.69, 9.17) is 11.6 Å². The van der Waals surface area contributed by atoms with Gasteiger partial charge in [-0.15, -0.1) is 0 Å². The molecule has 0 fully saturated rings. The summed E-state index contributed by atoms with van der Waals surface area (Å²) in [7, 11) is -4.27. The van der Waals surface area contributed by atoms with E-state index in [1.165, 1.54) is 48.5 Å². The third kappa shape index (κ3) is 6.82. The van der Waals surface area contributed by atoms with E-state index in [-0.39, 0.29) is 16.3 Å². The van der Waals surface area contributed by atoms with E-state index in [9.17, 15) is 26.8 Å². The molecule has 0 aliphatic rings. The third-order valence-electron chi connectivity index (χ3n) is 4.35. The van der Waals surface area contributed by atoms with Gasteiger partial charge in [0.1, 0.15) is 11.6 Å². The second-order valence-electron chi connectivity index (χ2n) is 6.84. The van der Waals surface area contributed by atoms with Gasteiger partial charge in [0, 0.05) is 16.4 Å². The number of anilines is 2. The van der Waals surface area contributed by atoms with Crippen LogP contribution in [0.5, 0.6) is 0 Å². The maximum Gasteiger partial charge on any atom is 0.244 e. The minimum absolute atomic E-state index is 0.170. The normalized spacial score (nSPS) is 11.3. The minimum Gasteiger partial charge on any atom is -0.325 e. The molecule has 0 heterocycles. The Morgan fingerprint density at radius 2 is 1.12 bits per heavy atom. The standard InChI is InChI=1S/C22H18ClF2N3O4S/c23-15-1-11-20(12-2-15)33(31,32)28(13-21(29)26-18-7-3-16(24)4-8-18)14-22(30)27-19-9-5-17(25)6-10-19/h1-12H,13-14H2,(H,26,29)(H,27,30). The van der Waals surface area contributed by atoms with Crippen molar-refractivity contribution in [2.24, 2.45) is 0 Å². The van der Waals surface area contributed by atoms with Gasteiger partial charge in [0.25, 0.3) is 0 Å². The number of carbonyl (C=O) groups is 2. The average Bonchev–Trinajstić information content (AvgIpc) is 2.77. The van der Waals surface area contributed by atoms with Crippen molar-refractivity contribution in [3.05, 3.63) is 89.5 Å². The fourth-order valence-electron chi connectivity index (χ4n) is 2.77. The number of benzene rings is 3. The topological polar surface area (TPSA) is 95.6 Å². The molecule has 0 aliphatic carbocycles. The summed E-state index contributed by atoms with van der Waals surface area (Å²) in [6.07, 6.45) is 0. The first-order valence-electron chi connectivity index (χ1n) is 9.50. The van der Waals surface area contributed by atoms with Crippen molar-refractivity contribution in [2.75, 3.05) is 23.7 Å². The molecule has 172 valence electrons. The Balaban J connectivity index is 1.80. The van der Waals surface area contributed by atoms with Crippen molar-refractivity contribution >= 4 is 44.8 Å². The van der Waals surface area contributed by atoms with Crippen molar-refractivity contribution in [1.82, 2.24) is 4.31 Å². The fraction of sp³-hybridized carbons (Fsp3) is 0.0909. The highest BCUT2D eigenvalue weighted by Crippen LogP contribution is 2.19. The molecular formula is C22H18ClF2N3O4S. The Morgan fingerprint density at radius 3 is 1.52 bits per heavy atom. The number of hydrogen-bond donors (Lipinski definition) is 2. The molecule has 33 heavy (non-hydrogen) atoms. The summed E-state index contributed by atoms with van der Waals surface area (Å²) in [4.78, 5) is 24.9. The van der Waals surface area contributed by atoms with Gasteiger partial charge in [-0.2, -0.15) is 4.31 Å². The first-order chi connectivity index (χ1) is 15.6. The van der Waals surface area contributed by atoms with Gasteiger partial charge in [-0.3, -0.25) is 9.59 Å². The first kappa shape index (κ1) is 24.3. The van der Waals surface area contributed by atoms with Crippen molar-refractivity contribution in [1.29, 1.82) is 0 Å². The van der Waals surface area contributed by atoms with Crippen LogP contribution in [0.4, 0.5) is 20.2 Å². The number of carbonyl (C=O) groups excluding carboxylic acids is 2. The summed E-state index contributed by atoms with van der Waals surface area (Å²) >= 11 is 5.82. The Labute approximate surface area is 194 Å². The lowest BCUT2D eigenvalue weighted by Crippen LogP contribution is -2.42. The van der Waals surface area contributed by atoms with Crippen LogP contribution in [0, 0.1) is 11.6 Å². The van der Waals surface area contributed by atoms with E-state index in [1.54, 1.807) is 0 Å². The van der Waals surface area contributed by atoms with Crippen LogP contribution >= 0.6 is 11.6 Å². The molecule has 3 aromatic carbocycles. The maximum atomic E-state index is 13.1. The summed E-state index contributed by atoms with van der Waals surface area (Å²) in [5.41, 5.74) is 0.502. The number of rotatable bonds is 8. The molecule has 0 saturated carbocycles. The molecule has 0 bridgehead atoms. The van der Waals surface area contributed by atoms with Crippen molar-refractivity contribution < 1.29 is 26.8 Å². The van der Waals surface area contributed by atoms with E-state index in [0.29, 0.717) is 9.33 Å². The third-order valence-corrected chi connectivity index (χ3v) is 6.41. The highest BCUT2D eigenvalue weighted by atomic mass is 35.5. The van der Waals surface area contributed by atoms with E-state index >= 15 is 0 Å². The molecule has 0 unspecified atom stereocenters. The first-order valence-corrected chi connectivity index (χ1v) is 11.3. The van der Waals surface area contributed by atoms with Crippen LogP contribution in [0.1, 0.15) is 0 Å². The molecule has 0 spiro atoms. The van der Waals surface area contributed by atoms with Gasteiger partial charge in [-0.25, -0.2) is 17.2 Å². The van der Waals surface area contributed by atoms with E-state index in [0.717, 1.165) is 24.3 Å². The van der Waals surface area contributed by atoms with E-state index < -0.39 is 46.6 Å². The largest absolute Gasteiger partial charge is 0.325 e. The molecule has 3 rings (SSSR count). The predicted molar refractivity (Wildman–Crippen MR) is 120 cm³/mol. The van der Waals surface area contributed by atoms with Gasteiger partial charge < -0.3 is 10.6 Å². The van der Waals surface area contributed by atoms with Gasteiger partial charge in [-0.1, -0.05) is 11.6 Å². The molecule has 0 atom stereocenters. The number of nitrogens with one attached hydrogen (secondary N) is 2. The Bertz CT molecular complexity index is 1170. The second kappa shape index (κ2) is 10.5. The zero-order valence-electron chi connectivity index (χ0n) is 17.0. The molecule has 11 heteroatoms. The fourth-order valence-corrected chi connectivity index (χ4v) is 4.25. The number of sulfonamides is 1. The Morgan fingerprint density at radius 1 is 0.727 bits per heavy atom. The molecule has 2 N–H and O–H groups in total. The molecule has 0 radical (unpaired) electrons. The zero-order chi connectivity index (χ0) is 24.0. The van der Waals surface area contributed by atoms with Gasteiger partial charge in [0.15, 0.2) is 0 Å². The highest BCUT2D eigenvalue weighted by Gasteiger charge is 2.29. The molecule has 0 saturated heterocycles. The predicted octanol–water partition coefficient (Wildman–Crippen LogP) is 3.89. The van der Waals surface area contributed by atoms with Crippen LogP contribution in [0.15, 0.2) is 77.7 Å². The summed E-state index contributed by atoms with van der Waals surface area (Å²) in [6.45, 7) is -1.39. The number of hydrogen-bond acceptors (Lipinski definition) is 4. The Kier molecular flexibility index (Phi) is 7.75. The Hall–Kier alpha value is -3.34. The van der Waals surface area contributed by atoms with Gasteiger partial charge >= 0.3 is 0 Å². The van der Waals surface area contributed by atoms with Crippen LogP contribution in [0.2, 0.25) is 5.02 Å². The van der Waals surface area contributed by atoms with E-state index in [2.05, 4.69) is 10.6 Å². The minimum atomic E-state index is -4.27. The van der Waals surface area contributed by atoms with Crippen molar-refractivity contribution in [3.8, 4) is 0 Å². The quantitative estimate of drug-likeness (QED) is 0.497. The van der Waals surface area contributed by atoms with Gasteiger partial charge in [-0.05, 0) is 72.8 Å². The van der Waals surface area contributed by atoms with Crippen molar-refractivity contribution in [2.45, 2.75) is 4.90 Å². The lowest BCUT2D eigenvalue weighted by molar-refractivity contribution is -0.118. The average molecular weight is 494 g/mol. The molecule has 0 aromatic heterocycles. The summed E-state index contributed by atoms with van der Waals surface area (Å²) in [5, 5.41) is 5.22. The summed E-state index contributed by atoms with van der Waals surface area (Å²) < 4.78 is 53.1. The van der Waals surface area contributed by atoms with Gasteiger partial charge in [0.2, 0.25) is 21.8 Å². The number of halogens is 3.